The minimum Gasteiger partial charge on any atom is -0.349 e. The number of rotatable bonds is 8. The van der Waals surface area contributed by atoms with Gasteiger partial charge in [-0.05, 0) is 73.8 Å². The molecule has 0 spiro atoms. The molecule has 1 saturated carbocycles. The molecule has 4 atom stereocenters. The number of carbonyl (C=O) groups excluding carboxylic acids is 1. The Kier molecular flexibility index (Phi) is 7.29. The zero-order valence-corrected chi connectivity index (χ0v) is 19.8. The van der Waals surface area contributed by atoms with E-state index in [-0.39, 0.29) is 29.1 Å². The molecule has 6 nitrogen and oxygen atoms in total. The molecule has 0 bridgehead atoms. The standard InChI is InChI=1S/C27H32FN5O/c1-3-4-24(33-26(34)19-15-30-17-31-16-19)11-20-5-6-21-12-25(18(14-29)13-27(20,21)2)32-23-9-7-22(28)8-10-23/h7-10,12,14-18,20,24,29H,3-6,11,13H2,1-2H3,(H,33,34). The highest BCUT2D eigenvalue weighted by molar-refractivity contribution is 6.08. The van der Waals surface area contributed by atoms with Crippen molar-refractivity contribution in [1.29, 1.82) is 5.41 Å². The maximum absolute atomic E-state index is 13.3. The summed E-state index contributed by atoms with van der Waals surface area (Å²) in [6, 6.07) is 6.24. The lowest BCUT2D eigenvalue weighted by atomic mass is 9.65. The quantitative estimate of drug-likeness (QED) is 0.495. The van der Waals surface area contributed by atoms with E-state index in [1.54, 1.807) is 24.5 Å². The van der Waals surface area contributed by atoms with Crippen molar-refractivity contribution in [2.45, 2.75) is 58.4 Å². The van der Waals surface area contributed by atoms with Gasteiger partial charge in [0.15, 0.2) is 0 Å². The average Bonchev–Trinajstić information content (AvgIpc) is 3.15. The average molecular weight is 462 g/mol. The van der Waals surface area contributed by atoms with E-state index < -0.39 is 0 Å². The van der Waals surface area contributed by atoms with Gasteiger partial charge in [-0.1, -0.05) is 25.8 Å². The predicted octanol–water partition coefficient (Wildman–Crippen LogP) is 5.69. The van der Waals surface area contributed by atoms with Crippen LogP contribution in [0, 0.1) is 28.5 Å². The summed E-state index contributed by atoms with van der Waals surface area (Å²) in [5, 5.41) is 11.3. The molecule has 4 unspecified atom stereocenters. The van der Waals surface area contributed by atoms with Gasteiger partial charge in [-0.2, -0.15) is 0 Å². The largest absolute Gasteiger partial charge is 0.349 e. The zero-order chi connectivity index (χ0) is 24.1. The molecule has 7 heteroatoms. The minimum absolute atomic E-state index is 0.0311. The minimum atomic E-state index is -0.283. The Labute approximate surface area is 200 Å². The van der Waals surface area contributed by atoms with Gasteiger partial charge >= 0.3 is 0 Å². The molecule has 2 aromatic rings. The van der Waals surface area contributed by atoms with Gasteiger partial charge in [0.25, 0.3) is 5.91 Å². The van der Waals surface area contributed by atoms with E-state index in [9.17, 15) is 9.18 Å². The highest BCUT2D eigenvalue weighted by Gasteiger charge is 2.47. The molecule has 1 aromatic heterocycles. The smallest absolute Gasteiger partial charge is 0.254 e. The van der Waals surface area contributed by atoms with Crippen LogP contribution in [-0.4, -0.2) is 33.8 Å². The van der Waals surface area contributed by atoms with Crippen LogP contribution in [0.5, 0.6) is 0 Å². The van der Waals surface area contributed by atoms with E-state index in [2.05, 4.69) is 35.2 Å². The van der Waals surface area contributed by atoms with E-state index >= 15 is 0 Å². The van der Waals surface area contributed by atoms with Gasteiger partial charge in [-0.25, -0.2) is 14.4 Å². The van der Waals surface area contributed by atoms with E-state index in [0.29, 0.717) is 17.2 Å². The number of carbonyl (C=O) groups is 1. The second-order valence-electron chi connectivity index (χ2n) is 9.63. The van der Waals surface area contributed by atoms with Gasteiger partial charge in [0.1, 0.15) is 12.1 Å². The third-order valence-corrected chi connectivity index (χ3v) is 7.39. The monoisotopic (exact) mass is 461 g/mol. The number of benzene rings is 1. The van der Waals surface area contributed by atoms with Gasteiger partial charge in [-0.3, -0.25) is 9.79 Å². The van der Waals surface area contributed by atoms with Crippen LogP contribution >= 0.6 is 0 Å². The van der Waals surface area contributed by atoms with E-state index in [1.807, 2.05) is 0 Å². The Morgan fingerprint density at radius 2 is 2.06 bits per heavy atom. The number of nitrogens with one attached hydrogen (secondary N) is 2. The van der Waals surface area contributed by atoms with Gasteiger partial charge in [-0.15, -0.1) is 0 Å². The van der Waals surface area contributed by atoms with Crippen LogP contribution < -0.4 is 5.32 Å². The Morgan fingerprint density at radius 3 is 2.74 bits per heavy atom. The van der Waals surface area contributed by atoms with Crippen molar-refractivity contribution in [2.24, 2.45) is 22.2 Å². The van der Waals surface area contributed by atoms with Crippen molar-refractivity contribution < 1.29 is 9.18 Å². The summed E-state index contributed by atoms with van der Waals surface area (Å²) in [6.45, 7) is 4.44. The topological polar surface area (TPSA) is 91.1 Å². The van der Waals surface area contributed by atoms with Crippen molar-refractivity contribution in [2.75, 3.05) is 0 Å². The number of halogens is 1. The van der Waals surface area contributed by atoms with Crippen LogP contribution in [0.1, 0.15) is 62.7 Å². The number of aromatic nitrogens is 2. The van der Waals surface area contributed by atoms with Crippen LogP contribution in [0.3, 0.4) is 0 Å². The molecule has 1 aromatic carbocycles. The fraction of sp³-hybridized carbons (Fsp3) is 0.444. The number of allylic oxidation sites excluding steroid dienone is 2. The molecule has 1 fully saturated rings. The summed E-state index contributed by atoms with van der Waals surface area (Å²) in [6.07, 6.45) is 13.8. The van der Waals surface area contributed by atoms with Crippen LogP contribution in [0.15, 0.2) is 59.6 Å². The van der Waals surface area contributed by atoms with Gasteiger partial charge < -0.3 is 10.7 Å². The molecule has 0 aliphatic heterocycles. The summed E-state index contributed by atoms with van der Waals surface area (Å²) in [7, 11) is 0. The van der Waals surface area contributed by atoms with Crippen molar-refractivity contribution in [1.82, 2.24) is 15.3 Å². The molecule has 2 aliphatic carbocycles. The summed E-state index contributed by atoms with van der Waals surface area (Å²) in [5.74, 6) is -0.0838. The molecule has 34 heavy (non-hydrogen) atoms. The summed E-state index contributed by atoms with van der Waals surface area (Å²) >= 11 is 0. The second kappa shape index (κ2) is 10.4. The summed E-state index contributed by atoms with van der Waals surface area (Å²) < 4.78 is 13.3. The van der Waals surface area contributed by atoms with Crippen LogP contribution in [0.25, 0.3) is 0 Å². The van der Waals surface area contributed by atoms with Crippen LogP contribution in [0.4, 0.5) is 10.1 Å². The molecule has 4 rings (SSSR count). The Balaban J connectivity index is 1.53. The lowest BCUT2D eigenvalue weighted by Gasteiger charge is -2.40. The fourth-order valence-electron chi connectivity index (χ4n) is 5.51. The summed E-state index contributed by atoms with van der Waals surface area (Å²) in [4.78, 5) is 25.4. The van der Waals surface area contributed by atoms with E-state index in [1.165, 1.54) is 30.2 Å². The Bertz CT molecular complexity index is 1080. The van der Waals surface area contributed by atoms with Crippen LogP contribution in [-0.2, 0) is 0 Å². The lowest BCUT2D eigenvalue weighted by molar-refractivity contribution is 0.0918. The number of aliphatic imine (C=N–C) groups is 1. The molecular formula is C27H32FN5O. The number of amides is 1. The maximum atomic E-state index is 13.3. The SMILES string of the molecule is CCCC(CC1CCC2=CC(=Nc3ccc(F)cc3)C(C=N)CC21C)NC(=O)c1cncnc1. The third-order valence-electron chi connectivity index (χ3n) is 7.39. The Hall–Kier alpha value is -3.22. The highest BCUT2D eigenvalue weighted by Crippen LogP contribution is 2.55. The molecule has 0 saturated heterocycles. The molecule has 2 N–H and O–H groups in total. The van der Waals surface area contributed by atoms with E-state index in [4.69, 9.17) is 10.4 Å². The van der Waals surface area contributed by atoms with Gasteiger partial charge in [0.05, 0.1) is 11.3 Å². The molecule has 178 valence electrons. The number of fused-ring (bicyclic) bond motifs is 1. The molecular weight excluding hydrogens is 429 g/mol. The normalized spacial score (nSPS) is 26.0. The first-order chi connectivity index (χ1) is 16.4. The fourth-order valence-corrected chi connectivity index (χ4v) is 5.51. The van der Waals surface area contributed by atoms with Crippen molar-refractivity contribution in [3.8, 4) is 0 Å². The van der Waals surface area contributed by atoms with Crippen molar-refractivity contribution in [3.63, 3.8) is 0 Å². The predicted molar refractivity (Wildman–Crippen MR) is 132 cm³/mol. The first-order valence-corrected chi connectivity index (χ1v) is 12.0. The van der Waals surface area contributed by atoms with Crippen molar-refractivity contribution in [3.05, 3.63) is 66.0 Å². The number of nitrogens with zero attached hydrogens (tertiary/aromatic N) is 3. The first kappa shape index (κ1) is 23.9. The van der Waals surface area contributed by atoms with Gasteiger partial charge in [0.2, 0.25) is 0 Å². The Morgan fingerprint density at radius 1 is 1.32 bits per heavy atom. The lowest BCUT2D eigenvalue weighted by Crippen LogP contribution is -2.40. The van der Waals surface area contributed by atoms with E-state index in [0.717, 1.165) is 44.2 Å². The number of hydrogen-bond donors (Lipinski definition) is 2. The zero-order valence-electron chi connectivity index (χ0n) is 19.8. The number of hydrogen-bond acceptors (Lipinski definition) is 5. The molecule has 2 aliphatic rings. The van der Waals surface area contributed by atoms with Crippen LogP contribution in [0.2, 0.25) is 0 Å². The summed E-state index contributed by atoms with van der Waals surface area (Å²) in [5.41, 5.74) is 3.39. The van der Waals surface area contributed by atoms with Gasteiger partial charge in [0, 0.05) is 36.3 Å². The highest BCUT2D eigenvalue weighted by atomic mass is 19.1. The first-order valence-electron chi connectivity index (χ1n) is 12.0. The molecule has 0 radical (unpaired) electrons. The van der Waals surface area contributed by atoms with Crippen molar-refractivity contribution >= 4 is 23.5 Å². The molecule has 1 amide bonds. The molecule has 1 heterocycles. The third kappa shape index (κ3) is 5.13. The second-order valence-corrected chi connectivity index (χ2v) is 9.63. The maximum Gasteiger partial charge on any atom is 0.254 e.